The molecule has 6 heteroatoms. The van der Waals surface area contributed by atoms with Gasteiger partial charge >= 0.3 is 6.61 Å². The Morgan fingerprint density at radius 3 is 2.55 bits per heavy atom. The maximum Gasteiger partial charge on any atom is 0.387 e. The van der Waals surface area contributed by atoms with Gasteiger partial charge in [0.1, 0.15) is 5.75 Å². The molecular weight excluding hydrogens is 266 g/mol. The second-order valence-electron chi connectivity index (χ2n) is 5.35. The molecule has 0 aliphatic carbocycles. The molecule has 20 heavy (non-hydrogen) atoms. The van der Waals surface area contributed by atoms with Gasteiger partial charge in [0.25, 0.3) is 5.91 Å². The molecule has 0 unspecified atom stereocenters. The number of carbonyl (C=O) groups is 1. The third kappa shape index (κ3) is 3.25. The molecule has 0 bridgehead atoms. The molecule has 0 radical (unpaired) electrons. The zero-order valence-corrected chi connectivity index (χ0v) is 11.5. The Kier molecular flexibility index (Phi) is 4.23. The summed E-state index contributed by atoms with van der Waals surface area (Å²) in [6.45, 7) is 3.23. The minimum Gasteiger partial charge on any atom is -0.435 e. The summed E-state index contributed by atoms with van der Waals surface area (Å²) < 4.78 is 28.4. The minimum absolute atomic E-state index is 0.0520. The Balaban J connectivity index is 2.12. The molecule has 1 aliphatic heterocycles. The van der Waals surface area contributed by atoms with Crippen LogP contribution in [0.2, 0.25) is 0 Å². The molecule has 1 aromatic carbocycles. The fraction of sp³-hybridized carbons (Fsp3) is 0.500. The van der Waals surface area contributed by atoms with Gasteiger partial charge in [-0.05, 0) is 38.1 Å². The van der Waals surface area contributed by atoms with Crippen LogP contribution in [0.4, 0.5) is 8.78 Å². The Hall–Kier alpha value is -1.69. The molecule has 0 aromatic heterocycles. The summed E-state index contributed by atoms with van der Waals surface area (Å²) in [4.78, 5) is 14.3. The number of alkyl halides is 2. The first-order chi connectivity index (χ1) is 9.40. The van der Waals surface area contributed by atoms with Crippen molar-refractivity contribution in [1.82, 2.24) is 10.2 Å². The number of hydrogen-bond donors (Lipinski definition) is 1. The van der Waals surface area contributed by atoms with Crippen LogP contribution >= 0.6 is 0 Å². The summed E-state index contributed by atoms with van der Waals surface area (Å²) in [6.07, 6.45) is 0. The van der Waals surface area contributed by atoms with Crippen molar-refractivity contribution in [3.05, 3.63) is 29.8 Å². The number of nitrogens with one attached hydrogen (secondary N) is 1. The molecule has 2 rings (SSSR count). The number of ether oxygens (including phenoxy) is 1. The van der Waals surface area contributed by atoms with E-state index < -0.39 is 6.61 Å². The molecule has 4 nitrogen and oxygen atoms in total. The lowest BCUT2D eigenvalue weighted by Crippen LogP contribution is -2.59. The van der Waals surface area contributed by atoms with Crippen molar-refractivity contribution in [3.8, 4) is 5.75 Å². The molecule has 1 N–H and O–H groups in total. The van der Waals surface area contributed by atoms with Crippen LogP contribution in [-0.2, 0) is 0 Å². The molecule has 0 saturated carbocycles. The third-order valence-electron chi connectivity index (χ3n) is 3.37. The lowest BCUT2D eigenvalue weighted by Gasteiger charge is -2.42. The summed E-state index contributed by atoms with van der Waals surface area (Å²) >= 11 is 0. The SMILES string of the molecule is CC1(C)CNCCN1C(=O)c1ccc(OC(F)F)cc1. The van der Waals surface area contributed by atoms with Gasteiger partial charge in [-0.25, -0.2) is 0 Å². The van der Waals surface area contributed by atoms with Gasteiger partial charge < -0.3 is 15.0 Å². The molecule has 1 amide bonds. The molecule has 1 fully saturated rings. The van der Waals surface area contributed by atoms with Crippen molar-refractivity contribution in [1.29, 1.82) is 0 Å². The highest BCUT2D eigenvalue weighted by molar-refractivity contribution is 5.95. The standard InChI is InChI=1S/C14H18F2N2O2/c1-14(2)9-17-7-8-18(14)12(19)10-3-5-11(6-4-10)20-13(15)16/h3-6,13,17H,7-9H2,1-2H3. The summed E-state index contributed by atoms with van der Waals surface area (Å²) in [5.41, 5.74) is 0.203. The summed E-state index contributed by atoms with van der Waals surface area (Å²) in [5, 5.41) is 3.24. The number of amides is 1. The van der Waals surface area contributed by atoms with Crippen LogP contribution in [0.15, 0.2) is 24.3 Å². The van der Waals surface area contributed by atoms with Crippen molar-refractivity contribution in [3.63, 3.8) is 0 Å². The molecule has 1 heterocycles. The first kappa shape index (κ1) is 14.7. The van der Waals surface area contributed by atoms with Crippen LogP contribution in [0.25, 0.3) is 0 Å². The molecule has 1 aromatic rings. The van der Waals surface area contributed by atoms with Gasteiger partial charge in [-0.15, -0.1) is 0 Å². The predicted octanol–water partition coefficient (Wildman–Crippen LogP) is 2.11. The molecular formula is C14H18F2N2O2. The van der Waals surface area contributed by atoms with E-state index in [1.54, 1.807) is 4.90 Å². The van der Waals surface area contributed by atoms with Gasteiger partial charge in [-0.2, -0.15) is 8.78 Å². The monoisotopic (exact) mass is 284 g/mol. The van der Waals surface area contributed by atoms with E-state index >= 15 is 0 Å². The van der Waals surface area contributed by atoms with E-state index in [0.717, 1.165) is 13.1 Å². The maximum absolute atomic E-state index is 12.5. The summed E-state index contributed by atoms with van der Waals surface area (Å²) in [7, 11) is 0. The Morgan fingerprint density at radius 2 is 2.00 bits per heavy atom. The second kappa shape index (κ2) is 5.75. The molecule has 110 valence electrons. The van der Waals surface area contributed by atoms with Crippen molar-refractivity contribution in [2.75, 3.05) is 19.6 Å². The van der Waals surface area contributed by atoms with E-state index in [0.29, 0.717) is 12.1 Å². The Bertz CT molecular complexity index is 475. The smallest absolute Gasteiger partial charge is 0.387 e. The lowest BCUT2D eigenvalue weighted by molar-refractivity contribution is -0.0498. The van der Waals surface area contributed by atoms with Crippen LogP contribution in [0.1, 0.15) is 24.2 Å². The number of carbonyl (C=O) groups excluding carboxylic acids is 1. The predicted molar refractivity (Wildman–Crippen MR) is 71.1 cm³/mol. The Labute approximate surface area is 116 Å². The molecule has 0 atom stereocenters. The van der Waals surface area contributed by atoms with E-state index in [4.69, 9.17) is 0 Å². The number of nitrogens with zero attached hydrogens (tertiary/aromatic N) is 1. The quantitative estimate of drug-likeness (QED) is 0.924. The van der Waals surface area contributed by atoms with Crippen LogP contribution < -0.4 is 10.1 Å². The van der Waals surface area contributed by atoms with Crippen molar-refractivity contribution < 1.29 is 18.3 Å². The maximum atomic E-state index is 12.5. The average Bonchev–Trinajstić information content (AvgIpc) is 2.37. The van der Waals surface area contributed by atoms with E-state index in [1.807, 2.05) is 13.8 Å². The van der Waals surface area contributed by atoms with E-state index in [-0.39, 0.29) is 17.2 Å². The highest BCUT2D eigenvalue weighted by Crippen LogP contribution is 2.21. The number of halogens is 2. The van der Waals surface area contributed by atoms with Gasteiger partial charge in [0.05, 0.1) is 5.54 Å². The van der Waals surface area contributed by atoms with Crippen molar-refractivity contribution >= 4 is 5.91 Å². The van der Waals surface area contributed by atoms with Crippen LogP contribution in [0, 0.1) is 0 Å². The van der Waals surface area contributed by atoms with Gasteiger partial charge in [-0.1, -0.05) is 0 Å². The fourth-order valence-corrected chi connectivity index (χ4v) is 2.29. The van der Waals surface area contributed by atoms with E-state index in [9.17, 15) is 13.6 Å². The second-order valence-corrected chi connectivity index (χ2v) is 5.35. The average molecular weight is 284 g/mol. The zero-order chi connectivity index (χ0) is 14.8. The van der Waals surface area contributed by atoms with Gasteiger partial charge in [-0.3, -0.25) is 4.79 Å². The number of rotatable bonds is 3. The number of hydrogen-bond acceptors (Lipinski definition) is 3. The minimum atomic E-state index is -2.86. The number of piperazine rings is 1. The molecule has 1 aliphatic rings. The van der Waals surface area contributed by atoms with Crippen LogP contribution in [-0.4, -0.2) is 42.6 Å². The molecule has 0 spiro atoms. The topological polar surface area (TPSA) is 41.6 Å². The van der Waals surface area contributed by atoms with Crippen LogP contribution in [0.5, 0.6) is 5.75 Å². The first-order valence-electron chi connectivity index (χ1n) is 6.48. The third-order valence-corrected chi connectivity index (χ3v) is 3.37. The van der Waals surface area contributed by atoms with Crippen LogP contribution in [0.3, 0.4) is 0 Å². The van der Waals surface area contributed by atoms with Crippen molar-refractivity contribution in [2.45, 2.75) is 26.0 Å². The summed E-state index contributed by atoms with van der Waals surface area (Å²) in [6, 6.07) is 5.79. The fourth-order valence-electron chi connectivity index (χ4n) is 2.29. The van der Waals surface area contributed by atoms with Gasteiger partial charge in [0.15, 0.2) is 0 Å². The first-order valence-corrected chi connectivity index (χ1v) is 6.48. The van der Waals surface area contributed by atoms with Gasteiger partial charge in [0, 0.05) is 25.2 Å². The van der Waals surface area contributed by atoms with E-state index in [2.05, 4.69) is 10.1 Å². The normalized spacial score (nSPS) is 18.1. The highest BCUT2D eigenvalue weighted by Gasteiger charge is 2.33. The number of benzene rings is 1. The Morgan fingerprint density at radius 1 is 1.35 bits per heavy atom. The highest BCUT2D eigenvalue weighted by atomic mass is 19.3. The lowest BCUT2D eigenvalue weighted by atomic mass is 9.98. The van der Waals surface area contributed by atoms with Crippen molar-refractivity contribution in [2.24, 2.45) is 0 Å². The summed E-state index contributed by atoms with van der Waals surface area (Å²) in [5.74, 6) is -0.0452. The molecule has 1 saturated heterocycles. The largest absolute Gasteiger partial charge is 0.435 e. The van der Waals surface area contributed by atoms with E-state index in [1.165, 1.54) is 24.3 Å². The van der Waals surface area contributed by atoms with Gasteiger partial charge in [0.2, 0.25) is 0 Å². The zero-order valence-electron chi connectivity index (χ0n) is 11.5.